The van der Waals surface area contributed by atoms with Gasteiger partial charge in [0.05, 0.1) is 19.0 Å². The fourth-order valence-corrected chi connectivity index (χ4v) is 2.35. The zero-order valence-electron chi connectivity index (χ0n) is 13.3. The van der Waals surface area contributed by atoms with Crippen molar-refractivity contribution >= 4 is 5.91 Å². The third kappa shape index (κ3) is 3.60. The van der Waals surface area contributed by atoms with E-state index in [1.165, 1.54) is 7.11 Å². The van der Waals surface area contributed by atoms with Gasteiger partial charge in [0.1, 0.15) is 5.56 Å². The van der Waals surface area contributed by atoms with Crippen LogP contribution in [-0.2, 0) is 6.42 Å². The van der Waals surface area contributed by atoms with Gasteiger partial charge in [-0.2, -0.15) is 5.10 Å². The molecule has 0 fully saturated rings. The Morgan fingerprint density at radius 1 is 1.21 bits per heavy atom. The minimum atomic E-state index is -0.199. The molecule has 6 nitrogen and oxygen atoms in total. The lowest BCUT2D eigenvalue weighted by molar-refractivity contribution is 0.0950. The SMILES string of the molecule is COc1ncccc1C(=O)NCCc1cnn(-c2ccccc2)c1. The van der Waals surface area contributed by atoms with Crippen molar-refractivity contribution in [2.24, 2.45) is 0 Å². The summed E-state index contributed by atoms with van der Waals surface area (Å²) in [6.07, 6.45) is 6.06. The Morgan fingerprint density at radius 3 is 2.83 bits per heavy atom. The first-order chi connectivity index (χ1) is 11.8. The van der Waals surface area contributed by atoms with Gasteiger partial charge >= 0.3 is 0 Å². The van der Waals surface area contributed by atoms with Crippen LogP contribution in [0.4, 0.5) is 0 Å². The zero-order chi connectivity index (χ0) is 16.8. The number of ether oxygens (including phenoxy) is 1. The van der Waals surface area contributed by atoms with Gasteiger partial charge < -0.3 is 10.1 Å². The zero-order valence-corrected chi connectivity index (χ0v) is 13.3. The second-order valence-corrected chi connectivity index (χ2v) is 5.19. The van der Waals surface area contributed by atoms with Crippen molar-refractivity contribution in [3.8, 4) is 11.6 Å². The molecule has 0 bridgehead atoms. The van der Waals surface area contributed by atoms with E-state index in [0.29, 0.717) is 24.4 Å². The van der Waals surface area contributed by atoms with Crippen molar-refractivity contribution in [1.29, 1.82) is 0 Å². The molecule has 1 N–H and O–H groups in total. The first-order valence-electron chi connectivity index (χ1n) is 7.64. The summed E-state index contributed by atoms with van der Waals surface area (Å²) in [5.74, 6) is 0.127. The van der Waals surface area contributed by atoms with E-state index in [1.807, 2.05) is 47.4 Å². The van der Waals surface area contributed by atoms with E-state index >= 15 is 0 Å². The van der Waals surface area contributed by atoms with Crippen LogP contribution in [0.2, 0.25) is 0 Å². The maximum atomic E-state index is 12.2. The van der Waals surface area contributed by atoms with Crippen molar-refractivity contribution < 1.29 is 9.53 Å². The number of nitrogens with one attached hydrogen (secondary N) is 1. The Labute approximate surface area is 140 Å². The van der Waals surface area contributed by atoms with Gasteiger partial charge in [0.15, 0.2) is 0 Å². The number of nitrogens with zero attached hydrogens (tertiary/aromatic N) is 3. The second-order valence-electron chi connectivity index (χ2n) is 5.19. The Kier molecular flexibility index (Phi) is 4.86. The van der Waals surface area contributed by atoms with Crippen LogP contribution in [0.3, 0.4) is 0 Å². The molecule has 0 saturated carbocycles. The second kappa shape index (κ2) is 7.41. The van der Waals surface area contributed by atoms with Crippen molar-refractivity contribution in [3.05, 3.63) is 72.2 Å². The van der Waals surface area contributed by atoms with Crippen LogP contribution in [0.5, 0.6) is 5.88 Å². The summed E-state index contributed by atoms with van der Waals surface area (Å²) in [6.45, 7) is 0.511. The molecule has 6 heteroatoms. The number of rotatable bonds is 6. The van der Waals surface area contributed by atoms with Crippen LogP contribution < -0.4 is 10.1 Å². The van der Waals surface area contributed by atoms with Crippen LogP contribution in [0.15, 0.2) is 61.1 Å². The maximum absolute atomic E-state index is 12.2. The maximum Gasteiger partial charge on any atom is 0.256 e. The molecule has 0 atom stereocenters. The van der Waals surface area contributed by atoms with Crippen molar-refractivity contribution in [2.75, 3.05) is 13.7 Å². The van der Waals surface area contributed by atoms with Gasteiger partial charge in [0.2, 0.25) is 5.88 Å². The average Bonchev–Trinajstić information content (AvgIpc) is 3.11. The van der Waals surface area contributed by atoms with Gasteiger partial charge in [-0.3, -0.25) is 4.79 Å². The smallest absolute Gasteiger partial charge is 0.256 e. The Bertz CT molecular complexity index is 815. The third-order valence-corrected chi connectivity index (χ3v) is 3.57. The molecule has 3 rings (SSSR count). The van der Waals surface area contributed by atoms with Crippen molar-refractivity contribution in [2.45, 2.75) is 6.42 Å². The molecule has 122 valence electrons. The number of carbonyl (C=O) groups excluding carboxylic acids is 1. The molecule has 24 heavy (non-hydrogen) atoms. The highest BCUT2D eigenvalue weighted by Crippen LogP contribution is 2.13. The quantitative estimate of drug-likeness (QED) is 0.756. The van der Waals surface area contributed by atoms with Gasteiger partial charge in [-0.15, -0.1) is 0 Å². The van der Waals surface area contributed by atoms with Gasteiger partial charge in [-0.25, -0.2) is 9.67 Å². The number of methoxy groups -OCH3 is 1. The summed E-state index contributed by atoms with van der Waals surface area (Å²) >= 11 is 0. The Hall–Kier alpha value is -3.15. The van der Waals surface area contributed by atoms with E-state index in [9.17, 15) is 4.79 Å². The molecule has 0 aliphatic carbocycles. The van der Waals surface area contributed by atoms with E-state index in [4.69, 9.17) is 4.74 Å². The van der Waals surface area contributed by atoms with Gasteiger partial charge in [0, 0.05) is 18.9 Å². The number of benzene rings is 1. The minimum absolute atomic E-state index is 0.199. The number of hydrogen-bond acceptors (Lipinski definition) is 4. The average molecular weight is 322 g/mol. The first-order valence-corrected chi connectivity index (χ1v) is 7.64. The van der Waals surface area contributed by atoms with E-state index in [0.717, 1.165) is 11.3 Å². The fourth-order valence-electron chi connectivity index (χ4n) is 2.35. The summed E-state index contributed by atoms with van der Waals surface area (Å²) in [5, 5.41) is 7.22. The molecule has 2 heterocycles. The molecule has 1 amide bonds. The number of hydrogen-bond donors (Lipinski definition) is 1. The largest absolute Gasteiger partial charge is 0.480 e. The van der Waals surface area contributed by atoms with E-state index in [-0.39, 0.29) is 5.91 Å². The highest BCUT2D eigenvalue weighted by molar-refractivity contribution is 5.96. The van der Waals surface area contributed by atoms with Gasteiger partial charge in [0.25, 0.3) is 5.91 Å². The molecule has 2 aromatic heterocycles. The van der Waals surface area contributed by atoms with Crippen LogP contribution in [0, 0.1) is 0 Å². The van der Waals surface area contributed by atoms with Crippen LogP contribution in [0.25, 0.3) is 5.69 Å². The summed E-state index contributed by atoms with van der Waals surface area (Å²) in [7, 11) is 1.50. The molecule has 3 aromatic rings. The number of aromatic nitrogens is 3. The highest BCUT2D eigenvalue weighted by Gasteiger charge is 2.12. The summed E-state index contributed by atoms with van der Waals surface area (Å²) < 4.78 is 6.92. The molecule has 0 spiro atoms. The number of amides is 1. The molecule has 0 aliphatic rings. The van der Waals surface area contributed by atoms with E-state index < -0.39 is 0 Å². The molecular weight excluding hydrogens is 304 g/mol. The van der Waals surface area contributed by atoms with Crippen molar-refractivity contribution in [1.82, 2.24) is 20.1 Å². The molecule has 0 unspecified atom stereocenters. The van der Waals surface area contributed by atoms with Gasteiger partial charge in [-0.05, 0) is 36.2 Å². The highest BCUT2D eigenvalue weighted by atomic mass is 16.5. The molecule has 1 aromatic carbocycles. The van der Waals surface area contributed by atoms with Crippen LogP contribution in [-0.4, -0.2) is 34.3 Å². The number of pyridine rings is 1. The van der Waals surface area contributed by atoms with Crippen LogP contribution >= 0.6 is 0 Å². The summed E-state index contributed by atoms with van der Waals surface area (Å²) in [4.78, 5) is 16.2. The summed E-state index contributed by atoms with van der Waals surface area (Å²) in [5.41, 5.74) is 2.49. The molecule has 0 saturated heterocycles. The lowest BCUT2D eigenvalue weighted by Gasteiger charge is -2.07. The lowest BCUT2D eigenvalue weighted by Crippen LogP contribution is -2.26. The normalized spacial score (nSPS) is 10.4. The number of para-hydroxylation sites is 1. The Balaban J connectivity index is 1.57. The molecule has 0 radical (unpaired) electrons. The fraction of sp³-hybridized carbons (Fsp3) is 0.167. The van der Waals surface area contributed by atoms with E-state index in [2.05, 4.69) is 15.4 Å². The monoisotopic (exact) mass is 322 g/mol. The lowest BCUT2D eigenvalue weighted by atomic mass is 10.2. The van der Waals surface area contributed by atoms with Gasteiger partial charge in [-0.1, -0.05) is 18.2 Å². The first kappa shape index (κ1) is 15.7. The number of carbonyl (C=O) groups is 1. The third-order valence-electron chi connectivity index (χ3n) is 3.57. The van der Waals surface area contributed by atoms with E-state index in [1.54, 1.807) is 18.3 Å². The van der Waals surface area contributed by atoms with Crippen LogP contribution in [0.1, 0.15) is 15.9 Å². The predicted octanol–water partition coefficient (Wildman–Crippen LogP) is 2.25. The topological polar surface area (TPSA) is 69.0 Å². The minimum Gasteiger partial charge on any atom is -0.480 e. The molecular formula is C18H18N4O2. The standard InChI is InChI=1S/C18H18N4O2/c1-24-18-16(8-5-10-20-18)17(23)19-11-9-14-12-21-22(13-14)15-6-3-2-4-7-15/h2-8,10,12-13H,9,11H2,1H3,(H,19,23). The Morgan fingerprint density at radius 2 is 2.04 bits per heavy atom. The summed E-state index contributed by atoms with van der Waals surface area (Å²) in [6, 6.07) is 13.3. The van der Waals surface area contributed by atoms with Crippen molar-refractivity contribution in [3.63, 3.8) is 0 Å². The predicted molar refractivity (Wildman–Crippen MR) is 90.4 cm³/mol. The molecule has 0 aliphatic heterocycles.